The van der Waals surface area contributed by atoms with E-state index in [2.05, 4.69) is 5.32 Å². The van der Waals surface area contributed by atoms with Gasteiger partial charge in [0, 0.05) is 6.61 Å². The van der Waals surface area contributed by atoms with Crippen molar-refractivity contribution in [2.75, 3.05) is 6.61 Å². The van der Waals surface area contributed by atoms with Gasteiger partial charge in [0.25, 0.3) is 0 Å². The molecule has 0 bridgehead atoms. The van der Waals surface area contributed by atoms with Crippen LogP contribution in [0.3, 0.4) is 0 Å². The lowest BCUT2D eigenvalue weighted by Crippen LogP contribution is -2.29. The molecule has 0 aliphatic rings. The maximum Gasteiger partial charge on any atom is 0.407 e. The van der Waals surface area contributed by atoms with Crippen molar-refractivity contribution in [2.24, 2.45) is 0 Å². The molecule has 5 heteroatoms. The fourth-order valence-electron chi connectivity index (χ4n) is 2.05. The summed E-state index contributed by atoms with van der Waals surface area (Å²) in [6.45, 7) is 0.0724. The highest BCUT2D eigenvalue weighted by Gasteiger charge is 2.15. The van der Waals surface area contributed by atoms with E-state index in [9.17, 15) is 9.18 Å². The zero-order valence-corrected chi connectivity index (χ0v) is 12.0. The quantitative estimate of drug-likeness (QED) is 0.861. The molecule has 2 aromatic rings. The normalized spacial score (nSPS) is 11.7. The minimum Gasteiger partial charge on any atom is -0.445 e. The van der Waals surface area contributed by atoms with Crippen molar-refractivity contribution < 1.29 is 19.0 Å². The predicted octanol–water partition coefficient (Wildman–Crippen LogP) is 3.18. The Morgan fingerprint density at radius 1 is 1.14 bits per heavy atom. The fraction of sp³-hybridized carbons (Fsp3) is 0.235. The van der Waals surface area contributed by atoms with Crippen molar-refractivity contribution in [2.45, 2.75) is 19.1 Å². The van der Waals surface area contributed by atoms with Gasteiger partial charge >= 0.3 is 6.09 Å². The summed E-state index contributed by atoms with van der Waals surface area (Å²) in [6, 6.07) is 14.7. The molecule has 0 saturated carbocycles. The predicted molar refractivity (Wildman–Crippen MR) is 80.6 cm³/mol. The lowest BCUT2D eigenvalue weighted by Gasteiger charge is -2.18. The minimum absolute atomic E-state index is 0.0962. The van der Waals surface area contributed by atoms with Gasteiger partial charge in [0.05, 0.1) is 6.04 Å². The molecular weight excluding hydrogens is 285 g/mol. The molecule has 0 saturated heterocycles. The summed E-state index contributed by atoms with van der Waals surface area (Å²) in [5.41, 5.74) is 1.60. The average molecular weight is 303 g/mol. The van der Waals surface area contributed by atoms with Crippen molar-refractivity contribution in [3.63, 3.8) is 0 Å². The maximum absolute atomic E-state index is 12.9. The van der Waals surface area contributed by atoms with Crippen LogP contribution >= 0.6 is 0 Å². The van der Waals surface area contributed by atoms with Crippen LogP contribution in [-0.4, -0.2) is 17.8 Å². The maximum atomic E-state index is 12.9. The van der Waals surface area contributed by atoms with Gasteiger partial charge in [-0.3, -0.25) is 0 Å². The molecule has 1 unspecified atom stereocenters. The minimum atomic E-state index is -0.577. The molecule has 0 spiro atoms. The Labute approximate surface area is 128 Å². The Kier molecular flexibility index (Phi) is 5.91. The van der Waals surface area contributed by atoms with E-state index in [-0.39, 0.29) is 19.0 Å². The van der Waals surface area contributed by atoms with Gasteiger partial charge in [0.1, 0.15) is 12.4 Å². The second-order valence-corrected chi connectivity index (χ2v) is 4.82. The zero-order valence-electron chi connectivity index (χ0n) is 12.0. The summed E-state index contributed by atoms with van der Waals surface area (Å²) < 4.78 is 18.1. The monoisotopic (exact) mass is 303 g/mol. The van der Waals surface area contributed by atoms with Gasteiger partial charge < -0.3 is 15.2 Å². The topological polar surface area (TPSA) is 58.6 Å². The highest BCUT2D eigenvalue weighted by atomic mass is 19.1. The molecule has 0 radical (unpaired) electrons. The summed E-state index contributed by atoms with van der Waals surface area (Å²) in [5.74, 6) is -0.349. The molecule has 2 N–H and O–H groups in total. The van der Waals surface area contributed by atoms with Gasteiger partial charge in [0.2, 0.25) is 0 Å². The number of hydrogen-bond acceptors (Lipinski definition) is 3. The first-order valence-corrected chi connectivity index (χ1v) is 7.02. The molecule has 0 aromatic heterocycles. The molecule has 0 aliphatic carbocycles. The molecule has 4 nitrogen and oxygen atoms in total. The van der Waals surface area contributed by atoms with Crippen LogP contribution in [0.4, 0.5) is 9.18 Å². The summed E-state index contributed by atoms with van der Waals surface area (Å²) in [7, 11) is 0. The van der Waals surface area contributed by atoms with Gasteiger partial charge in [0.15, 0.2) is 0 Å². The number of amides is 1. The van der Waals surface area contributed by atoms with E-state index in [0.29, 0.717) is 12.0 Å². The fourth-order valence-corrected chi connectivity index (χ4v) is 2.05. The van der Waals surface area contributed by atoms with E-state index >= 15 is 0 Å². The van der Waals surface area contributed by atoms with Crippen molar-refractivity contribution in [1.82, 2.24) is 5.32 Å². The van der Waals surface area contributed by atoms with Crippen LogP contribution in [0.5, 0.6) is 0 Å². The molecule has 1 atom stereocenters. The number of aliphatic hydroxyl groups is 1. The Hall–Kier alpha value is -2.40. The lowest BCUT2D eigenvalue weighted by atomic mass is 10.0. The number of halogens is 1. The van der Waals surface area contributed by atoms with E-state index < -0.39 is 12.1 Å². The number of benzene rings is 2. The van der Waals surface area contributed by atoms with Crippen LogP contribution in [-0.2, 0) is 11.3 Å². The molecule has 2 rings (SSSR count). The first-order chi connectivity index (χ1) is 10.7. The van der Waals surface area contributed by atoms with Crippen LogP contribution in [0.1, 0.15) is 23.6 Å². The number of aliphatic hydroxyl groups excluding tert-OH is 1. The molecule has 1 amide bonds. The number of rotatable bonds is 6. The summed E-state index contributed by atoms with van der Waals surface area (Å²) in [5, 5.41) is 11.8. The van der Waals surface area contributed by atoms with E-state index in [1.165, 1.54) is 12.1 Å². The van der Waals surface area contributed by atoms with Crippen molar-refractivity contribution in [1.29, 1.82) is 0 Å². The number of carbonyl (C=O) groups is 1. The summed E-state index contributed by atoms with van der Waals surface area (Å²) in [4.78, 5) is 11.9. The van der Waals surface area contributed by atoms with Crippen molar-refractivity contribution in [3.8, 4) is 0 Å². The van der Waals surface area contributed by atoms with Crippen LogP contribution < -0.4 is 5.32 Å². The van der Waals surface area contributed by atoms with Gasteiger partial charge in [-0.15, -0.1) is 0 Å². The molecule has 0 fully saturated rings. The largest absolute Gasteiger partial charge is 0.445 e. The van der Waals surface area contributed by atoms with Gasteiger partial charge in [-0.1, -0.05) is 42.5 Å². The van der Waals surface area contributed by atoms with Crippen molar-refractivity contribution >= 4 is 6.09 Å². The molecule has 116 valence electrons. The third-order valence-corrected chi connectivity index (χ3v) is 3.19. The highest BCUT2D eigenvalue weighted by molar-refractivity contribution is 5.67. The number of alkyl carbamates (subject to hydrolysis) is 1. The first-order valence-electron chi connectivity index (χ1n) is 7.02. The van der Waals surface area contributed by atoms with Crippen LogP contribution in [0.25, 0.3) is 0 Å². The first kappa shape index (κ1) is 16.0. The Morgan fingerprint density at radius 2 is 1.82 bits per heavy atom. The second-order valence-electron chi connectivity index (χ2n) is 4.82. The van der Waals surface area contributed by atoms with E-state index in [4.69, 9.17) is 9.84 Å². The molecule has 22 heavy (non-hydrogen) atoms. The second kappa shape index (κ2) is 8.14. The van der Waals surface area contributed by atoms with Crippen LogP contribution in [0, 0.1) is 5.82 Å². The third-order valence-electron chi connectivity index (χ3n) is 3.19. The summed E-state index contributed by atoms with van der Waals surface area (Å²) in [6.07, 6.45) is -0.252. The number of nitrogens with one attached hydrogen (secondary N) is 1. The smallest absolute Gasteiger partial charge is 0.407 e. The molecule has 0 aliphatic heterocycles. The van der Waals surface area contributed by atoms with Crippen LogP contribution in [0.15, 0.2) is 54.6 Å². The average Bonchev–Trinajstić information content (AvgIpc) is 2.54. The van der Waals surface area contributed by atoms with Gasteiger partial charge in [-0.2, -0.15) is 0 Å². The van der Waals surface area contributed by atoms with Crippen molar-refractivity contribution in [3.05, 3.63) is 71.5 Å². The van der Waals surface area contributed by atoms with Crippen LogP contribution in [0.2, 0.25) is 0 Å². The standard InChI is InChI=1S/C17H18FNO3/c18-15-8-6-14(7-9-15)16(10-11-20)19-17(21)22-12-13-4-2-1-3-5-13/h1-9,16,20H,10-12H2,(H,19,21). The lowest BCUT2D eigenvalue weighted by molar-refractivity contribution is 0.133. The molecule has 0 heterocycles. The van der Waals surface area contributed by atoms with E-state index in [1.54, 1.807) is 12.1 Å². The SMILES string of the molecule is O=C(NC(CCO)c1ccc(F)cc1)OCc1ccccc1. The highest BCUT2D eigenvalue weighted by Crippen LogP contribution is 2.17. The Morgan fingerprint density at radius 3 is 2.45 bits per heavy atom. The zero-order chi connectivity index (χ0) is 15.8. The summed E-state index contributed by atoms with van der Waals surface area (Å²) >= 11 is 0. The number of carbonyl (C=O) groups excluding carboxylic acids is 1. The van der Waals surface area contributed by atoms with Gasteiger partial charge in [-0.05, 0) is 29.7 Å². The Bertz CT molecular complexity index is 587. The Balaban J connectivity index is 1.92. The van der Waals surface area contributed by atoms with E-state index in [1.807, 2.05) is 30.3 Å². The molecule has 2 aromatic carbocycles. The van der Waals surface area contributed by atoms with Gasteiger partial charge in [-0.25, -0.2) is 9.18 Å². The van der Waals surface area contributed by atoms with E-state index in [0.717, 1.165) is 5.56 Å². The third kappa shape index (κ3) is 4.86. The molecular formula is C17H18FNO3. The number of ether oxygens (including phenoxy) is 1. The number of hydrogen-bond donors (Lipinski definition) is 2.